The number of carbonyl (C=O) groups is 1. The number of rotatable bonds is 4. The van der Waals surface area contributed by atoms with E-state index in [1.165, 1.54) is 0 Å². The van der Waals surface area contributed by atoms with Crippen molar-refractivity contribution in [2.45, 2.75) is 6.92 Å². The van der Waals surface area contributed by atoms with Crippen LogP contribution < -0.4 is 4.31 Å². The molecule has 128 valence electrons. The third kappa shape index (κ3) is 4.59. The smallest absolute Gasteiger partial charge is 0.243 e. The van der Waals surface area contributed by atoms with Gasteiger partial charge in [-0.1, -0.05) is 11.6 Å². The Labute approximate surface area is 142 Å². The van der Waals surface area contributed by atoms with Crippen molar-refractivity contribution in [3.8, 4) is 0 Å². The van der Waals surface area contributed by atoms with Crippen molar-refractivity contribution < 1.29 is 13.2 Å². The molecule has 1 aliphatic rings. The molecule has 1 saturated heterocycles. The molecular formula is C15H22ClN3O3S. The van der Waals surface area contributed by atoms with Crippen LogP contribution in [0.4, 0.5) is 5.69 Å². The molecule has 0 spiro atoms. The molecule has 0 aromatic heterocycles. The largest absolute Gasteiger partial charge is 0.339 e. The molecule has 1 aliphatic heterocycles. The fourth-order valence-electron chi connectivity index (χ4n) is 2.56. The fraction of sp³-hybridized carbons (Fsp3) is 0.533. The Bertz CT molecular complexity index is 685. The van der Waals surface area contributed by atoms with E-state index in [1.54, 1.807) is 30.0 Å². The highest BCUT2D eigenvalue weighted by molar-refractivity contribution is 7.92. The molecule has 6 nitrogen and oxygen atoms in total. The van der Waals surface area contributed by atoms with Gasteiger partial charge in [-0.3, -0.25) is 9.10 Å². The second-order valence-electron chi connectivity index (χ2n) is 5.88. The molecule has 1 amide bonds. The molecule has 1 aromatic rings. The summed E-state index contributed by atoms with van der Waals surface area (Å²) in [5.74, 6) is -0.183. The minimum absolute atomic E-state index is 0.183. The van der Waals surface area contributed by atoms with Crippen molar-refractivity contribution in [2.75, 3.05) is 50.3 Å². The monoisotopic (exact) mass is 359 g/mol. The molecule has 1 heterocycles. The Morgan fingerprint density at radius 1 is 1.26 bits per heavy atom. The number of halogens is 1. The molecular weight excluding hydrogens is 338 g/mol. The van der Waals surface area contributed by atoms with Gasteiger partial charge >= 0.3 is 0 Å². The minimum Gasteiger partial charge on any atom is -0.339 e. The zero-order chi connectivity index (χ0) is 17.2. The van der Waals surface area contributed by atoms with Crippen LogP contribution in [-0.2, 0) is 14.8 Å². The van der Waals surface area contributed by atoms with Crippen molar-refractivity contribution in [3.05, 3.63) is 28.8 Å². The maximum Gasteiger partial charge on any atom is 0.243 e. The van der Waals surface area contributed by atoms with E-state index in [0.29, 0.717) is 29.4 Å². The molecule has 23 heavy (non-hydrogen) atoms. The molecule has 0 bridgehead atoms. The Balaban J connectivity index is 2.21. The van der Waals surface area contributed by atoms with Gasteiger partial charge in [-0.05, 0) is 37.7 Å². The van der Waals surface area contributed by atoms with Crippen LogP contribution in [0.25, 0.3) is 0 Å². The molecule has 0 aliphatic carbocycles. The second-order valence-corrected chi connectivity index (χ2v) is 8.23. The van der Waals surface area contributed by atoms with E-state index in [-0.39, 0.29) is 12.5 Å². The van der Waals surface area contributed by atoms with E-state index in [2.05, 4.69) is 4.90 Å². The summed E-state index contributed by atoms with van der Waals surface area (Å²) in [5, 5.41) is 0.532. The maximum absolute atomic E-state index is 12.5. The molecule has 0 atom stereocenters. The lowest BCUT2D eigenvalue weighted by Crippen LogP contribution is -2.50. The summed E-state index contributed by atoms with van der Waals surface area (Å²) in [5.41, 5.74) is 1.20. The van der Waals surface area contributed by atoms with Crippen LogP contribution in [0, 0.1) is 6.92 Å². The molecule has 8 heteroatoms. The molecule has 0 unspecified atom stereocenters. The number of hydrogen-bond donors (Lipinski definition) is 0. The first-order valence-electron chi connectivity index (χ1n) is 7.38. The van der Waals surface area contributed by atoms with Crippen molar-refractivity contribution in [1.29, 1.82) is 0 Å². The molecule has 0 radical (unpaired) electrons. The van der Waals surface area contributed by atoms with Gasteiger partial charge in [-0.2, -0.15) is 0 Å². The zero-order valence-corrected chi connectivity index (χ0v) is 15.2. The lowest BCUT2D eigenvalue weighted by atomic mass is 10.2. The Morgan fingerprint density at radius 3 is 2.39 bits per heavy atom. The highest BCUT2D eigenvalue weighted by Gasteiger charge is 2.26. The van der Waals surface area contributed by atoms with Crippen LogP contribution in [0.15, 0.2) is 18.2 Å². The van der Waals surface area contributed by atoms with Crippen molar-refractivity contribution in [3.63, 3.8) is 0 Å². The van der Waals surface area contributed by atoms with Crippen LogP contribution in [0.2, 0.25) is 5.02 Å². The van der Waals surface area contributed by atoms with Crippen LogP contribution in [0.3, 0.4) is 0 Å². The third-order valence-electron chi connectivity index (χ3n) is 3.96. The molecule has 1 fully saturated rings. The number of hydrogen-bond acceptors (Lipinski definition) is 4. The van der Waals surface area contributed by atoms with Gasteiger partial charge in [0.1, 0.15) is 6.54 Å². The van der Waals surface area contributed by atoms with Gasteiger partial charge in [0.25, 0.3) is 0 Å². The lowest BCUT2D eigenvalue weighted by molar-refractivity contribution is -0.131. The van der Waals surface area contributed by atoms with Gasteiger partial charge in [-0.25, -0.2) is 8.42 Å². The summed E-state index contributed by atoms with van der Waals surface area (Å²) >= 11 is 5.93. The topological polar surface area (TPSA) is 60.9 Å². The number of aryl methyl sites for hydroxylation is 1. The standard InChI is InChI=1S/C15H22ClN3O3S/c1-12-10-13(16)4-5-14(12)19(23(3,21)22)11-15(20)18-8-6-17(2)7-9-18/h4-5,10H,6-9,11H2,1-3H3. The Morgan fingerprint density at radius 2 is 1.87 bits per heavy atom. The fourth-order valence-corrected chi connectivity index (χ4v) is 3.69. The summed E-state index contributed by atoms with van der Waals surface area (Å²) in [6, 6.07) is 4.95. The summed E-state index contributed by atoms with van der Waals surface area (Å²) in [6.07, 6.45) is 1.11. The zero-order valence-electron chi connectivity index (χ0n) is 13.6. The summed E-state index contributed by atoms with van der Waals surface area (Å²) < 4.78 is 25.5. The van der Waals surface area contributed by atoms with Crippen molar-refractivity contribution in [1.82, 2.24) is 9.80 Å². The van der Waals surface area contributed by atoms with E-state index in [1.807, 2.05) is 7.05 Å². The maximum atomic E-state index is 12.5. The quantitative estimate of drug-likeness (QED) is 0.810. The average Bonchev–Trinajstić information content (AvgIpc) is 2.45. The lowest BCUT2D eigenvalue weighted by Gasteiger charge is -2.34. The third-order valence-corrected chi connectivity index (χ3v) is 5.32. The van der Waals surface area contributed by atoms with Gasteiger partial charge < -0.3 is 9.80 Å². The van der Waals surface area contributed by atoms with Gasteiger partial charge in [-0.15, -0.1) is 0 Å². The number of likely N-dealkylation sites (N-methyl/N-ethyl adjacent to an activating group) is 1. The van der Waals surface area contributed by atoms with E-state index in [4.69, 9.17) is 11.6 Å². The predicted molar refractivity (Wildman–Crippen MR) is 92.5 cm³/mol. The normalized spacial score (nSPS) is 16.4. The number of nitrogens with zero attached hydrogens (tertiary/aromatic N) is 3. The van der Waals surface area contributed by atoms with Gasteiger partial charge in [0.15, 0.2) is 0 Å². The molecule has 0 N–H and O–H groups in total. The first kappa shape index (κ1) is 18.0. The minimum atomic E-state index is -3.57. The number of amides is 1. The number of sulfonamides is 1. The van der Waals surface area contributed by atoms with Crippen molar-refractivity contribution in [2.24, 2.45) is 0 Å². The van der Waals surface area contributed by atoms with Gasteiger partial charge in [0, 0.05) is 31.2 Å². The van der Waals surface area contributed by atoms with Crippen molar-refractivity contribution >= 4 is 33.2 Å². The number of anilines is 1. The highest BCUT2D eigenvalue weighted by Crippen LogP contribution is 2.25. The number of carbonyl (C=O) groups excluding carboxylic acids is 1. The molecule has 2 rings (SSSR count). The van der Waals surface area contributed by atoms with Gasteiger partial charge in [0.2, 0.25) is 15.9 Å². The van der Waals surface area contributed by atoms with E-state index in [9.17, 15) is 13.2 Å². The Hall–Kier alpha value is -1.31. The first-order valence-corrected chi connectivity index (χ1v) is 9.61. The van der Waals surface area contributed by atoms with Crippen LogP contribution >= 0.6 is 11.6 Å². The van der Waals surface area contributed by atoms with E-state index in [0.717, 1.165) is 23.7 Å². The van der Waals surface area contributed by atoms with Crippen LogP contribution in [-0.4, -0.2) is 70.2 Å². The predicted octanol–water partition coefficient (Wildman–Crippen LogP) is 1.19. The summed E-state index contributed by atoms with van der Waals surface area (Å²) in [6.45, 7) is 4.42. The Kier molecular flexibility index (Phi) is 5.54. The average molecular weight is 360 g/mol. The number of benzene rings is 1. The van der Waals surface area contributed by atoms with Gasteiger partial charge in [0.05, 0.1) is 11.9 Å². The molecule has 0 saturated carbocycles. The number of piperazine rings is 1. The van der Waals surface area contributed by atoms with Crippen LogP contribution in [0.1, 0.15) is 5.56 Å². The van der Waals surface area contributed by atoms with E-state index >= 15 is 0 Å². The van der Waals surface area contributed by atoms with E-state index < -0.39 is 10.0 Å². The summed E-state index contributed by atoms with van der Waals surface area (Å²) in [7, 11) is -1.56. The SMILES string of the molecule is Cc1cc(Cl)ccc1N(CC(=O)N1CCN(C)CC1)S(C)(=O)=O. The van der Waals surface area contributed by atoms with Crippen LogP contribution in [0.5, 0.6) is 0 Å². The summed E-state index contributed by atoms with van der Waals surface area (Å²) in [4.78, 5) is 16.3. The molecule has 1 aromatic carbocycles. The highest BCUT2D eigenvalue weighted by atomic mass is 35.5. The first-order chi connectivity index (χ1) is 10.7. The second kappa shape index (κ2) is 7.07.